The Kier molecular flexibility index (Phi) is 4.97. The van der Waals surface area contributed by atoms with Gasteiger partial charge in [-0.3, -0.25) is 9.59 Å². The number of ether oxygens (including phenoxy) is 1. The molecule has 30 heavy (non-hydrogen) atoms. The van der Waals surface area contributed by atoms with Crippen molar-refractivity contribution in [3.8, 4) is 5.75 Å². The second-order valence-electron chi connectivity index (χ2n) is 8.66. The molecular formula is C25H28N2O3. The molecule has 156 valence electrons. The highest BCUT2D eigenvalue weighted by Gasteiger charge is 2.49. The van der Waals surface area contributed by atoms with Gasteiger partial charge in [0.2, 0.25) is 5.91 Å². The maximum Gasteiger partial charge on any atom is 0.253 e. The molecule has 3 heterocycles. The smallest absolute Gasteiger partial charge is 0.253 e. The molecule has 3 aliphatic rings. The predicted octanol–water partition coefficient (Wildman–Crippen LogP) is 3.69. The highest BCUT2D eigenvalue weighted by atomic mass is 16.5. The minimum absolute atomic E-state index is 0.0541. The molecule has 0 saturated carbocycles. The third kappa shape index (κ3) is 3.26. The molecule has 3 atom stereocenters. The van der Waals surface area contributed by atoms with Crippen LogP contribution >= 0.6 is 0 Å². The van der Waals surface area contributed by atoms with Gasteiger partial charge in [-0.25, -0.2) is 0 Å². The lowest BCUT2D eigenvalue weighted by Gasteiger charge is -2.30. The highest BCUT2D eigenvalue weighted by Crippen LogP contribution is 2.45. The Labute approximate surface area is 177 Å². The van der Waals surface area contributed by atoms with Crippen LogP contribution in [0, 0.1) is 11.8 Å². The Morgan fingerprint density at radius 3 is 2.70 bits per heavy atom. The third-order valence-electron chi connectivity index (χ3n) is 6.87. The van der Waals surface area contributed by atoms with Crippen molar-refractivity contribution < 1.29 is 14.3 Å². The fourth-order valence-electron chi connectivity index (χ4n) is 5.42. The summed E-state index contributed by atoms with van der Waals surface area (Å²) in [6.07, 6.45) is 2.48. The molecule has 2 fully saturated rings. The number of benzene rings is 2. The molecule has 2 aromatic carbocycles. The molecule has 0 bridgehead atoms. The van der Waals surface area contributed by atoms with Gasteiger partial charge < -0.3 is 14.5 Å². The zero-order valence-corrected chi connectivity index (χ0v) is 17.4. The molecule has 0 unspecified atom stereocenters. The lowest BCUT2D eigenvalue weighted by Crippen LogP contribution is -2.37. The van der Waals surface area contributed by atoms with E-state index in [1.165, 1.54) is 5.56 Å². The first kappa shape index (κ1) is 19.2. The van der Waals surface area contributed by atoms with Gasteiger partial charge in [-0.15, -0.1) is 0 Å². The van der Waals surface area contributed by atoms with E-state index < -0.39 is 0 Å². The Morgan fingerprint density at radius 1 is 1.07 bits per heavy atom. The normalized spacial score (nSPS) is 24.9. The Hall–Kier alpha value is -2.82. The van der Waals surface area contributed by atoms with Crippen LogP contribution in [-0.2, 0) is 11.2 Å². The van der Waals surface area contributed by atoms with Gasteiger partial charge in [-0.05, 0) is 42.2 Å². The summed E-state index contributed by atoms with van der Waals surface area (Å²) in [6, 6.07) is 16.2. The van der Waals surface area contributed by atoms with Crippen LogP contribution in [0.2, 0.25) is 0 Å². The summed E-state index contributed by atoms with van der Waals surface area (Å²) in [5.41, 5.74) is 3.05. The van der Waals surface area contributed by atoms with E-state index in [1.54, 1.807) is 0 Å². The number of aryl methyl sites for hydroxylation is 1. The predicted molar refractivity (Wildman–Crippen MR) is 114 cm³/mol. The summed E-state index contributed by atoms with van der Waals surface area (Å²) in [7, 11) is 0. The molecule has 5 nitrogen and oxygen atoms in total. The number of hydrogen-bond acceptors (Lipinski definition) is 3. The number of fused-ring (bicyclic) bond motifs is 2. The van der Waals surface area contributed by atoms with E-state index in [1.807, 2.05) is 53.1 Å². The molecule has 3 aliphatic heterocycles. The number of nitrogens with zero attached hydrogens (tertiary/aromatic N) is 2. The van der Waals surface area contributed by atoms with Crippen molar-refractivity contribution in [3.05, 3.63) is 65.2 Å². The lowest BCUT2D eigenvalue weighted by atomic mass is 9.89. The first-order chi connectivity index (χ1) is 14.7. The van der Waals surface area contributed by atoms with Crippen LogP contribution in [0.1, 0.15) is 47.3 Å². The molecule has 2 aromatic rings. The minimum Gasteiger partial charge on any atom is -0.493 e. The average Bonchev–Trinajstić information content (AvgIpc) is 3.36. The number of carbonyl (C=O) groups excluding carboxylic acids is 2. The molecule has 0 aliphatic carbocycles. The topological polar surface area (TPSA) is 49.9 Å². The molecule has 0 N–H and O–H groups in total. The maximum absolute atomic E-state index is 13.3. The highest BCUT2D eigenvalue weighted by molar-refractivity contribution is 5.95. The summed E-state index contributed by atoms with van der Waals surface area (Å²) in [5, 5.41) is 0. The first-order valence-electron chi connectivity index (χ1n) is 11.0. The van der Waals surface area contributed by atoms with Crippen LogP contribution in [0.25, 0.3) is 0 Å². The molecule has 2 amide bonds. The van der Waals surface area contributed by atoms with E-state index in [2.05, 4.69) is 12.1 Å². The summed E-state index contributed by atoms with van der Waals surface area (Å²) >= 11 is 0. The fourth-order valence-corrected chi connectivity index (χ4v) is 5.42. The average molecular weight is 405 g/mol. The van der Waals surface area contributed by atoms with Crippen molar-refractivity contribution in [1.82, 2.24) is 9.80 Å². The molecule has 0 spiro atoms. The van der Waals surface area contributed by atoms with Gasteiger partial charge >= 0.3 is 0 Å². The maximum atomic E-state index is 13.3. The molecule has 2 saturated heterocycles. The number of amides is 2. The van der Waals surface area contributed by atoms with Crippen LogP contribution in [-0.4, -0.2) is 47.9 Å². The summed E-state index contributed by atoms with van der Waals surface area (Å²) in [4.78, 5) is 30.0. The number of carbonyl (C=O) groups is 2. The van der Waals surface area contributed by atoms with E-state index in [0.717, 1.165) is 42.9 Å². The van der Waals surface area contributed by atoms with Crippen LogP contribution in [0.15, 0.2) is 48.5 Å². The van der Waals surface area contributed by atoms with Crippen LogP contribution < -0.4 is 4.74 Å². The molecule has 0 radical (unpaired) electrons. The van der Waals surface area contributed by atoms with Crippen molar-refractivity contribution in [1.29, 1.82) is 0 Å². The van der Waals surface area contributed by atoms with Crippen molar-refractivity contribution in [2.45, 2.75) is 32.2 Å². The van der Waals surface area contributed by atoms with Gasteiger partial charge in [0.05, 0.1) is 12.6 Å². The lowest BCUT2D eigenvalue weighted by molar-refractivity contribution is -0.132. The quantitative estimate of drug-likeness (QED) is 0.784. The first-order valence-corrected chi connectivity index (χ1v) is 11.0. The largest absolute Gasteiger partial charge is 0.493 e. The van der Waals surface area contributed by atoms with E-state index in [0.29, 0.717) is 25.4 Å². The number of rotatable bonds is 3. The Bertz CT molecular complexity index is 958. The van der Waals surface area contributed by atoms with E-state index in [-0.39, 0.29) is 23.8 Å². The summed E-state index contributed by atoms with van der Waals surface area (Å²) < 4.78 is 5.69. The second kappa shape index (κ2) is 7.78. The van der Waals surface area contributed by atoms with Gasteiger partial charge in [0, 0.05) is 43.5 Å². The molecular weight excluding hydrogens is 376 g/mol. The van der Waals surface area contributed by atoms with Gasteiger partial charge in [-0.2, -0.15) is 0 Å². The van der Waals surface area contributed by atoms with E-state index in [9.17, 15) is 9.59 Å². The zero-order chi connectivity index (χ0) is 20.7. The number of hydrogen-bond donors (Lipinski definition) is 0. The molecule has 5 rings (SSSR count). The van der Waals surface area contributed by atoms with Gasteiger partial charge in [0.15, 0.2) is 0 Å². The standard InChI is InChI=1S/C25H28N2O3/c1-2-23(28)27-15-20-14-26(16-21(20)24(27)17-7-4-3-5-8-17)25(29)19-10-11-22-18(13-19)9-6-12-30-22/h3-5,7-8,10-11,13,20-21,24H,2,6,9,12,14-16H2,1H3/t20-,21-,24-/m0/s1. The Morgan fingerprint density at radius 2 is 1.90 bits per heavy atom. The van der Waals surface area contributed by atoms with Crippen LogP contribution in [0.3, 0.4) is 0 Å². The zero-order valence-electron chi connectivity index (χ0n) is 17.4. The van der Waals surface area contributed by atoms with Gasteiger partial charge in [-0.1, -0.05) is 37.3 Å². The monoisotopic (exact) mass is 404 g/mol. The van der Waals surface area contributed by atoms with Gasteiger partial charge in [0.25, 0.3) is 5.91 Å². The fraction of sp³-hybridized carbons (Fsp3) is 0.440. The van der Waals surface area contributed by atoms with Crippen LogP contribution in [0.4, 0.5) is 0 Å². The molecule has 0 aromatic heterocycles. The van der Waals surface area contributed by atoms with Crippen molar-refractivity contribution in [2.24, 2.45) is 11.8 Å². The van der Waals surface area contributed by atoms with Crippen molar-refractivity contribution >= 4 is 11.8 Å². The third-order valence-corrected chi connectivity index (χ3v) is 6.87. The Balaban J connectivity index is 1.38. The van der Waals surface area contributed by atoms with Crippen LogP contribution in [0.5, 0.6) is 5.75 Å². The van der Waals surface area contributed by atoms with Gasteiger partial charge in [0.1, 0.15) is 5.75 Å². The van der Waals surface area contributed by atoms with Crippen molar-refractivity contribution in [2.75, 3.05) is 26.2 Å². The summed E-state index contributed by atoms with van der Waals surface area (Å²) in [5.74, 6) is 1.82. The minimum atomic E-state index is 0.0541. The second-order valence-corrected chi connectivity index (χ2v) is 8.66. The van der Waals surface area contributed by atoms with Crippen molar-refractivity contribution in [3.63, 3.8) is 0 Å². The summed E-state index contributed by atoms with van der Waals surface area (Å²) in [6.45, 7) is 4.83. The SMILES string of the molecule is CCC(=O)N1C[C@@H]2CN(C(=O)c3ccc4c(c3)CCCO4)C[C@@H]2[C@@H]1c1ccccc1. The number of likely N-dealkylation sites (tertiary alicyclic amines) is 2. The van der Waals surface area contributed by atoms with E-state index in [4.69, 9.17) is 4.74 Å². The molecule has 5 heteroatoms. The van der Waals surface area contributed by atoms with E-state index >= 15 is 0 Å².